The molecule has 168 valence electrons. The molecular formula is C26H25ClN4O2. The Hall–Kier alpha value is -3.51. The molecule has 1 N–H and O–H groups in total. The summed E-state index contributed by atoms with van der Waals surface area (Å²) in [6.07, 6.45) is 3.93. The van der Waals surface area contributed by atoms with Crippen LogP contribution in [0, 0.1) is 0 Å². The van der Waals surface area contributed by atoms with Gasteiger partial charge in [0.15, 0.2) is 0 Å². The number of halogens is 1. The van der Waals surface area contributed by atoms with Crippen LogP contribution in [0.15, 0.2) is 72.9 Å². The van der Waals surface area contributed by atoms with Gasteiger partial charge in [0.2, 0.25) is 0 Å². The molecule has 4 aromatic rings. The van der Waals surface area contributed by atoms with Crippen molar-refractivity contribution < 1.29 is 9.53 Å². The monoisotopic (exact) mass is 460 g/mol. The first-order valence-corrected chi connectivity index (χ1v) is 11.4. The van der Waals surface area contributed by atoms with E-state index in [-0.39, 0.29) is 11.9 Å². The van der Waals surface area contributed by atoms with Crippen molar-refractivity contribution in [2.45, 2.75) is 18.8 Å². The highest BCUT2D eigenvalue weighted by molar-refractivity contribution is 6.33. The number of hydrogen-bond acceptors (Lipinski definition) is 3. The van der Waals surface area contributed by atoms with E-state index in [1.807, 2.05) is 65.7 Å². The van der Waals surface area contributed by atoms with Crippen molar-refractivity contribution in [1.82, 2.24) is 14.3 Å². The number of imidazole rings is 1. The molecule has 7 heteroatoms. The fraction of sp³-hybridized carbons (Fsp3) is 0.231. The number of piperidine rings is 1. The Bertz CT molecular complexity index is 1300. The van der Waals surface area contributed by atoms with Gasteiger partial charge in [-0.2, -0.15) is 0 Å². The predicted octanol–water partition coefficient (Wildman–Crippen LogP) is 6.07. The molecule has 2 aromatic carbocycles. The number of carbonyl (C=O) groups is 1. The molecule has 2 aromatic heterocycles. The van der Waals surface area contributed by atoms with E-state index in [0.29, 0.717) is 23.8 Å². The number of benzene rings is 2. The Balaban J connectivity index is 1.44. The minimum absolute atomic E-state index is 0.130. The third kappa shape index (κ3) is 4.26. The quantitative estimate of drug-likeness (QED) is 0.401. The second-order valence-corrected chi connectivity index (χ2v) is 8.61. The van der Waals surface area contributed by atoms with E-state index >= 15 is 0 Å². The number of hydrogen-bond donors (Lipinski definition) is 1. The molecular weight excluding hydrogens is 436 g/mol. The molecule has 1 fully saturated rings. The number of pyridine rings is 1. The molecule has 1 saturated heterocycles. The van der Waals surface area contributed by atoms with Crippen molar-refractivity contribution >= 4 is 28.8 Å². The smallest absolute Gasteiger partial charge is 0.321 e. The first-order chi connectivity index (χ1) is 16.1. The highest BCUT2D eigenvalue weighted by Gasteiger charge is 2.29. The van der Waals surface area contributed by atoms with Gasteiger partial charge in [-0.05, 0) is 49.2 Å². The van der Waals surface area contributed by atoms with Gasteiger partial charge in [-0.15, -0.1) is 0 Å². The summed E-state index contributed by atoms with van der Waals surface area (Å²) in [6.45, 7) is 1.31. The maximum absolute atomic E-state index is 13.0. The number of urea groups is 1. The lowest BCUT2D eigenvalue weighted by Gasteiger charge is -2.32. The van der Waals surface area contributed by atoms with Crippen molar-refractivity contribution in [1.29, 1.82) is 0 Å². The summed E-state index contributed by atoms with van der Waals surface area (Å²) in [4.78, 5) is 19.9. The Morgan fingerprint density at radius 3 is 2.82 bits per heavy atom. The topological polar surface area (TPSA) is 58.9 Å². The Morgan fingerprint density at radius 1 is 1.12 bits per heavy atom. The molecule has 2 amide bonds. The maximum Gasteiger partial charge on any atom is 0.321 e. The minimum Gasteiger partial charge on any atom is -0.497 e. The lowest BCUT2D eigenvalue weighted by Crippen LogP contribution is -2.42. The zero-order valence-electron chi connectivity index (χ0n) is 18.4. The Kier molecular flexibility index (Phi) is 5.92. The third-order valence-corrected chi connectivity index (χ3v) is 6.44. The van der Waals surface area contributed by atoms with Crippen LogP contribution < -0.4 is 10.1 Å². The summed E-state index contributed by atoms with van der Waals surface area (Å²) in [7, 11) is 1.67. The molecule has 1 unspecified atom stereocenters. The van der Waals surface area contributed by atoms with Crippen molar-refractivity contribution in [2.75, 3.05) is 25.5 Å². The molecule has 6 nitrogen and oxygen atoms in total. The number of aromatic nitrogens is 2. The summed E-state index contributed by atoms with van der Waals surface area (Å²) >= 11 is 6.22. The van der Waals surface area contributed by atoms with E-state index < -0.39 is 0 Å². The van der Waals surface area contributed by atoms with Gasteiger partial charge in [0.25, 0.3) is 0 Å². The average Bonchev–Trinajstić information content (AvgIpc) is 3.25. The molecule has 33 heavy (non-hydrogen) atoms. The van der Waals surface area contributed by atoms with Crippen LogP contribution in [0.3, 0.4) is 0 Å². The first-order valence-electron chi connectivity index (χ1n) is 11.1. The number of nitrogens with one attached hydrogen (secondary N) is 1. The summed E-state index contributed by atoms with van der Waals surface area (Å²) in [5.41, 5.74) is 3.59. The number of ether oxygens (including phenoxy) is 1. The third-order valence-electron chi connectivity index (χ3n) is 6.11. The summed E-state index contributed by atoms with van der Waals surface area (Å²) in [5.74, 6) is 1.90. The van der Waals surface area contributed by atoms with E-state index in [1.165, 1.54) is 0 Å². The molecule has 0 spiro atoms. The van der Waals surface area contributed by atoms with Crippen molar-refractivity contribution in [3.8, 4) is 17.0 Å². The normalized spacial score (nSPS) is 16.1. The van der Waals surface area contributed by atoms with Gasteiger partial charge in [-0.3, -0.25) is 0 Å². The van der Waals surface area contributed by atoms with Crippen molar-refractivity contribution in [2.24, 2.45) is 0 Å². The number of likely N-dealkylation sites (tertiary alicyclic amines) is 1. The van der Waals surface area contributed by atoms with E-state index in [9.17, 15) is 4.79 Å². The van der Waals surface area contributed by atoms with Crippen molar-refractivity contribution in [3.63, 3.8) is 0 Å². The molecule has 3 heterocycles. The fourth-order valence-electron chi connectivity index (χ4n) is 4.46. The number of nitrogens with zero attached hydrogens (tertiary/aromatic N) is 3. The van der Waals surface area contributed by atoms with E-state index in [4.69, 9.17) is 21.3 Å². The molecule has 5 rings (SSSR count). The molecule has 1 atom stereocenters. The summed E-state index contributed by atoms with van der Waals surface area (Å²) in [5, 5.41) is 3.48. The largest absolute Gasteiger partial charge is 0.497 e. The number of rotatable bonds is 4. The number of fused-ring (bicyclic) bond motifs is 1. The van der Waals surface area contributed by atoms with Crippen LogP contribution in [-0.2, 0) is 0 Å². The van der Waals surface area contributed by atoms with Crippen molar-refractivity contribution in [3.05, 3.63) is 83.8 Å². The van der Waals surface area contributed by atoms with Crippen LogP contribution in [-0.4, -0.2) is 40.5 Å². The molecule has 0 radical (unpaired) electrons. The van der Waals surface area contributed by atoms with Crippen LogP contribution in [0.25, 0.3) is 16.8 Å². The lowest BCUT2D eigenvalue weighted by molar-refractivity contribution is 0.191. The standard InChI is InChI=1S/C26H25ClN4O2/c1-33-20-10-6-8-18(16-20)24-23-13-4-5-15-31(23)25(29-24)19-9-7-14-30(17-19)26(32)28-22-12-3-2-11-21(22)27/h2-6,8,10-13,15-16,19H,7,9,14,17H2,1H3,(H,28,32). The molecule has 0 bridgehead atoms. The van der Waals surface area contributed by atoms with Gasteiger partial charge in [0, 0.05) is 30.8 Å². The Morgan fingerprint density at radius 2 is 1.97 bits per heavy atom. The van der Waals surface area contributed by atoms with Gasteiger partial charge in [-0.1, -0.05) is 41.9 Å². The van der Waals surface area contributed by atoms with Crippen LogP contribution >= 0.6 is 11.6 Å². The van der Waals surface area contributed by atoms with E-state index in [2.05, 4.69) is 15.8 Å². The summed E-state index contributed by atoms with van der Waals surface area (Å²) < 4.78 is 7.56. The van der Waals surface area contributed by atoms with E-state index in [0.717, 1.165) is 41.2 Å². The number of para-hydroxylation sites is 1. The van der Waals surface area contributed by atoms with Gasteiger partial charge in [0.1, 0.15) is 11.6 Å². The SMILES string of the molecule is COc1cccc(-c2nc(C3CCCN(C(=O)Nc4ccccc4Cl)C3)n3ccccc23)c1. The molecule has 1 aliphatic heterocycles. The van der Waals surface area contributed by atoms with Gasteiger partial charge in [-0.25, -0.2) is 9.78 Å². The second kappa shape index (κ2) is 9.16. The van der Waals surface area contributed by atoms with Crippen LogP contribution in [0.2, 0.25) is 5.02 Å². The van der Waals surface area contributed by atoms with Gasteiger partial charge < -0.3 is 19.4 Å². The van der Waals surface area contributed by atoms with Crippen LogP contribution in [0.4, 0.5) is 10.5 Å². The zero-order chi connectivity index (χ0) is 22.8. The number of carbonyl (C=O) groups excluding carboxylic acids is 1. The minimum atomic E-state index is -0.137. The predicted molar refractivity (Wildman–Crippen MR) is 131 cm³/mol. The zero-order valence-corrected chi connectivity index (χ0v) is 19.1. The first kappa shape index (κ1) is 21.3. The highest BCUT2D eigenvalue weighted by atomic mass is 35.5. The number of amides is 2. The number of methoxy groups -OCH3 is 1. The summed E-state index contributed by atoms with van der Waals surface area (Å²) in [6, 6.07) is 21.2. The number of anilines is 1. The molecule has 0 saturated carbocycles. The van der Waals surface area contributed by atoms with Gasteiger partial charge in [0.05, 0.1) is 29.0 Å². The maximum atomic E-state index is 13.0. The second-order valence-electron chi connectivity index (χ2n) is 8.20. The van der Waals surface area contributed by atoms with E-state index in [1.54, 1.807) is 13.2 Å². The highest BCUT2D eigenvalue weighted by Crippen LogP contribution is 2.33. The van der Waals surface area contributed by atoms with Gasteiger partial charge >= 0.3 is 6.03 Å². The average molecular weight is 461 g/mol. The molecule has 1 aliphatic rings. The lowest BCUT2D eigenvalue weighted by atomic mass is 9.97. The fourth-order valence-corrected chi connectivity index (χ4v) is 4.64. The van der Waals surface area contributed by atoms with Crippen LogP contribution in [0.1, 0.15) is 24.6 Å². The van der Waals surface area contributed by atoms with Crippen LogP contribution in [0.5, 0.6) is 5.75 Å². The Labute approximate surface area is 197 Å². The molecule has 0 aliphatic carbocycles.